The standard InChI is InChI=1S/C46H51BN2/c1-43(2,3)28-16-20-32(21-17-28)48-39-23-19-30(45(7,8)9)27-37(39)47-41-33(14-13-15-40(41)48)35-25-31(46(10,11)12)26-36-34-24-29(44(4,5)6)18-22-38(34)49(47)42(35)36/h13-27H,1-12H3. The third kappa shape index (κ3) is 4.83. The first kappa shape index (κ1) is 32.0. The molecule has 0 saturated heterocycles. The number of nitrogens with zero attached hydrogens (tertiary/aromatic N) is 2. The minimum absolute atomic E-state index is 0.0154. The molecule has 5 aromatic carbocycles. The zero-order valence-corrected chi connectivity index (χ0v) is 31.6. The Balaban J connectivity index is 1.51. The first-order valence-electron chi connectivity index (χ1n) is 18.1. The van der Waals surface area contributed by atoms with Crippen molar-refractivity contribution in [2.75, 3.05) is 4.90 Å². The molecular weight excluding hydrogens is 591 g/mol. The Kier molecular flexibility index (Phi) is 6.63. The molecule has 0 spiro atoms. The van der Waals surface area contributed by atoms with Gasteiger partial charge in [-0.05, 0) is 109 Å². The summed E-state index contributed by atoms with van der Waals surface area (Å²) in [6.07, 6.45) is 0. The van der Waals surface area contributed by atoms with Crippen LogP contribution in [0.4, 0.5) is 17.1 Å². The number of rotatable bonds is 1. The summed E-state index contributed by atoms with van der Waals surface area (Å²) in [5.41, 5.74) is 17.6. The van der Waals surface area contributed by atoms with Crippen LogP contribution in [0.25, 0.3) is 32.9 Å². The van der Waals surface area contributed by atoms with Gasteiger partial charge in [0.25, 0.3) is 0 Å². The van der Waals surface area contributed by atoms with Crippen LogP contribution in [0.2, 0.25) is 0 Å². The normalized spacial score (nSPS) is 14.4. The maximum atomic E-state index is 2.70. The summed E-state index contributed by atoms with van der Waals surface area (Å²) in [4.78, 5) is 2.53. The Morgan fingerprint density at radius 3 is 1.67 bits per heavy atom. The fraction of sp³-hybridized carbons (Fsp3) is 0.348. The number of benzene rings is 5. The van der Waals surface area contributed by atoms with E-state index in [4.69, 9.17) is 0 Å². The first-order chi connectivity index (χ1) is 22.8. The van der Waals surface area contributed by atoms with Gasteiger partial charge in [0.1, 0.15) is 0 Å². The molecule has 0 aliphatic carbocycles. The van der Waals surface area contributed by atoms with E-state index < -0.39 is 0 Å². The van der Waals surface area contributed by atoms with Gasteiger partial charge in [-0.1, -0.05) is 126 Å². The smallest absolute Gasteiger partial charge is 0.333 e. The Hall–Kier alpha value is -4.24. The van der Waals surface area contributed by atoms with Crippen LogP contribution in [0.3, 0.4) is 0 Å². The summed E-state index contributed by atoms with van der Waals surface area (Å²) in [6.45, 7) is 28.0. The van der Waals surface area contributed by atoms with Crippen molar-refractivity contribution in [2.24, 2.45) is 0 Å². The maximum Gasteiger partial charge on any atom is 0.333 e. The SMILES string of the molecule is CC(C)(C)c1ccc(N2c3ccc(C(C)(C)C)cc3B3c4c(cccc42)-c2cc(C(C)(C)C)cc4c5cc(C(C)(C)C)ccc5n3c24)cc1. The topological polar surface area (TPSA) is 8.17 Å². The maximum absolute atomic E-state index is 2.70. The lowest BCUT2D eigenvalue weighted by atomic mass is 9.44. The van der Waals surface area contributed by atoms with Gasteiger partial charge in [-0.2, -0.15) is 0 Å². The van der Waals surface area contributed by atoms with Gasteiger partial charge in [-0.3, -0.25) is 0 Å². The highest BCUT2D eigenvalue weighted by Gasteiger charge is 2.43. The van der Waals surface area contributed by atoms with Crippen LogP contribution in [0.1, 0.15) is 105 Å². The van der Waals surface area contributed by atoms with Crippen molar-refractivity contribution in [3.63, 3.8) is 0 Å². The number of hydrogen-bond donors (Lipinski definition) is 0. The van der Waals surface area contributed by atoms with Gasteiger partial charge < -0.3 is 9.38 Å². The monoisotopic (exact) mass is 642 g/mol. The molecule has 0 unspecified atom stereocenters. The van der Waals surface area contributed by atoms with Crippen LogP contribution in [0.5, 0.6) is 0 Å². The molecule has 49 heavy (non-hydrogen) atoms. The van der Waals surface area contributed by atoms with E-state index in [1.165, 1.54) is 83.2 Å². The van der Waals surface area contributed by atoms with Crippen LogP contribution in [-0.2, 0) is 21.7 Å². The van der Waals surface area contributed by atoms with Gasteiger partial charge in [0.15, 0.2) is 0 Å². The molecule has 248 valence electrons. The zero-order valence-electron chi connectivity index (χ0n) is 31.6. The molecule has 8 rings (SSSR count). The summed E-state index contributed by atoms with van der Waals surface area (Å²) in [5, 5.41) is 2.73. The van der Waals surface area contributed by atoms with Gasteiger partial charge in [-0.15, -0.1) is 0 Å². The van der Waals surface area contributed by atoms with Crippen LogP contribution < -0.4 is 15.8 Å². The lowest BCUT2D eigenvalue weighted by Crippen LogP contribution is -2.56. The van der Waals surface area contributed by atoms with E-state index in [2.05, 4.69) is 183 Å². The van der Waals surface area contributed by atoms with E-state index in [9.17, 15) is 0 Å². The van der Waals surface area contributed by atoms with Gasteiger partial charge in [-0.25, -0.2) is 0 Å². The van der Waals surface area contributed by atoms with Crippen molar-refractivity contribution >= 4 is 56.6 Å². The molecule has 3 heterocycles. The van der Waals surface area contributed by atoms with E-state index >= 15 is 0 Å². The average molecular weight is 643 g/mol. The van der Waals surface area contributed by atoms with E-state index in [1.807, 2.05) is 0 Å². The van der Waals surface area contributed by atoms with E-state index in [-0.39, 0.29) is 28.5 Å². The number of fused-ring (bicyclic) bond motifs is 7. The second-order valence-electron chi connectivity index (χ2n) is 18.8. The molecule has 0 fully saturated rings. The third-order valence-corrected chi connectivity index (χ3v) is 11.2. The Bertz CT molecular complexity index is 2310. The van der Waals surface area contributed by atoms with Crippen molar-refractivity contribution < 1.29 is 0 Å². The van der Waals surface area contributed by atoms with Crippen LogP contribution >= 0.6 is 0 Å². The molecular formula is C46H51BN2. The minimum Gasteiger partial charge on any atom is -0.375 e. The van der Waals surface area contributed by atoms with Crippen molar-refractivity contribution in [1.82, 2.24) is 4.48 Å². The van der Waals surface area contributed by atoms with E-state index in [0.29, 0.717) is 0 Å². The summed E-state index contributed by atoms with van der Waals surface area (Å²) in [5.74, 6) is 0. The summed E-state index contributed by atoms with van der Waals surface area (Å²) >= 11 is 0. The number of anilines is 3. The van der Waals surface area contributed by atoms with Crippen molar-refractivity contribution in [3.8, 4) is 11.1 Å². The predicted molar refractivity (Wildman–Crippen MR) is 215 cm³/mol. The quantitative estimate of drug-likeness (QED) is 0.162. The third-order valence-electron chi connectivity index (χ3n) is 11.2. The fourth-order valence-corrected chi connectivity index (χ4v) is 8.21. The lowest BCUT2D eigenvalue weighted by molar-refractivity contribution is 0.590. The molecule has 2 aliphatic heterocycles. The summed E-state index contributed by atoms with van der Waals surface area (Å²) in [7, 11) is 0. The molecule has 0 saturated carbocycles. The van der Waals surface area contributed by atoms with Crippen molar-refractivity contribution in [1.29, 1.82) is 0 Å². The number of hydrogen-bond acceptors (Lipinski definition) is 1. The van der Waals surface area contributed by atoms with Crippen LogP contribution in [0, 0.1) is 0 Å². The molecule has 1 aromatic heterocycles. The zero-order chi connectivity index (χ0) is 35.0. The van der Waals surface area contributed by atoms with Crippen LogP contribution in [-0.4, -0.2) is 11.3 Å². The minimum atomic E-state index is 0.0154. The number of aromatic nitrogens is 1. The highest BCUT2D eigenvalue weighted by Crippen LogP contribution is 2.47. The molecule has 2 nitrogen and oxygen atoms in total. The van der Waals surface area contributed by atoms with Gasteiger partial charge in [0.2, 0.25) is 0 Å². The van der Waals surface area contributed by atoms with Crippen LogP contribution in [0.15, 0.2) is 91.0 Å². The average Bonchev–Trinajstić information content (AvgIpc) is 3.35. The second-order valence-corrected chi connectivity index (χ2v) is 18.8. The molecule has 2 aliphatic rings. The Labute approximate surface area is 294 Å². The van der Waals surface area contributed by atoms with E-state index in [0.717, 1.165) is 0 Å². The predicted octanol–water partition coefficient (Wildman–Crippen LogP) is 11.4. The Morgan fingerprint density at radius 2 is 1.04 bits per heavy atom. The molecule has 0 bridgehead atoms. The fourth-order valence-electron chi connectivity index (χ4n) is 8.21. The molecule has 0 radical (unpaired) electrons. The molecule has 6 aromatic rings. The van der Waals surface area contributed by atoms with E-state index in [1.54, 1.807) is 0 Å². The summed E-state index contributed by atoms with van der Waals surface area (Å²) < 4.78 is 2.70. The lowest BCUT2D eigenvalue weighted by Gasteiger charge is -2.41. The van der Waals surface area contributed by atoms with Gasteiger partial charge >= 0.3 is 6.85 Å². The molecule has 0 amide bonds. The second kappa shape index (κ2) is 10.2. The molecule has 0 atom stereocenters. The molecule has 0 N–H and O–H groups in total. The molecule has 3 heteroatoms. The summed E-state index contributed by atoms with van der Waals surface area (Å²) in [6, 6.07) is 35.8. The van der Waals surface area contributed by atoms with Gasteiger partial charge in [0, 0.05) is 44.4 Å². The highest BCUT2D eigenvalue weighted by atomic mass is 15.2. The van der Waals surface area contributed by atoms with Crippen molar-refractivity contribution in [2.45, 2.75) is 105 Å². The highest BCUT2D eigenvalue weighted by molar-refractivity contribution is 6.90. The van der Waals surface area contributed by atoms with Gasteiger partial charge in [0.05, 0.1) is 0 Å². The van der Waals surface area contributed by atoms with Crippen molar-refractivity contribution in [3.05, 3.63) is 113 Å². The largest absolute Gasteiger partial charge is 0.375 e. The first-order valence-corrected chi connectivity index (χ1v) is 18.1. The Morgan fingerprint density at radius 1 is 0.469 bits per heavy atom.